The first kappa shape index (κ1) is 17.6. The van der Waals surface area contributed by atoms with Crippen molar-refractivity contribution in [2.24, 2.45) is 5.41 Å². The average Bonchev–Trinajstić information content (AvgIpc) is 2.68. The molecule has 2 fully saturated rings. The minimum Gasteiger partial charge on any atom is -0.371 e. The quantitative estimate of drug-likeness (QED) is 0.740. The van der Waals surface area contributed by atoms with Gasteiger partial charge in [0.15, 0.2) is 5.71 Å². The van der Waals surface area contributed by atoms with Crippen LogP contribution < -0.4 is 4.90 Å². The fraction of sp³-hybridized carbons (Fsp3) is 0.609. The third kappa shape index (κ3) is 3.97. The summed E-state index contributed by atoms with van der Waals surface area (Å²) in [5, 5.41) is 0. The lowest BCUT2D eigenvalue weighted by Crippen LogP contribution is -2.47. The fourth-order valence-corrected chi connectivity index (χ4v) is 4.82. The first-order valence-electron chi connectivity index (χ1n) is 10.5. The maximum atomic E-state index is 2.67. The number of anilines is 1. The molecule has 0 aromatic heterocycles. The lowest BCUT2D eigenvalue weighted by molar-refractivity contribution is -0.538. The van der Waals surface area contributed by atoms with E-state index in [9.17, 15) is 0 Å². The first-order chi connectivity index (χ1) is 12.6. The molecule has 1 aliphatic carbocycles. The van der Waals surface area contributed by atoms with Crippen molar-refractivity contribution in [2.45, 2.75) is 46.0 Å². The van der Waals surface area contributed by atoms with Crippen molar-refractivity contribution in [3.63, 3.8) is 0 Å². The summed E-state index contributed by atoms with van der Waals surface area (Å²) < 4.78 is 2.67. The molecule has 0 spiro atoms. The van der Waals surface area contributed by atoms with E-state index in [1.165, 1.54) is 50.9 Å². The molecule has 26 heavy (non-hydrogen) atoms. The Morgan fingerprint density at radius 2 is 1.46 bits per heavy atom. The molecule has 2 aliphatic heterocycles. The highest BCUT2D eigenvalue weighted by Gasteiger charge is 2.34. The number of allylic oxidation sites excluding steroid dienone is 2. The first-order valence-corrected chi connectivity index (χ1v) is 10.5. The van der Waals surface area contributed by atoms with Crippen LogP contribution in [0.3, 0.4) is 0 Å². The molecule has 3 nitrogen and oxygen atoms in total. The number of piperazine rings is 1. The number of piperidine rings is 1. The molecular weight excluding hydrogens is 318 g/mol. The molecule has 2 heterocycles. The molecule has 4 rings (SSSR count). The summed E-state index contributed by atoms with van der Waals surface area (Å²) >= 11 is 0. The maximum absolute atomic E-state index is 2.67. The van der Waals surface area contributed by atoms with Crippen LogP contribution in [0.15, 0.2) is 42.1 Å². The topological polar surface area (TPSA) is 9.49 Å². The smallest absolute Gasteiger partial charge is 0.178 e. The van der Waals surface area contributed by atoms with Crippen molar-refractivity contribution in [2.75, 3.05) is 44.2 Å². The second-order valence-electron chi connectivity index (χ2n) is 9.00. The van der Waals surface area contributed by atoms with Crippen LogP contribution in [0, 0.1) is 5.41 Å². The molecular formula is C23H34N3+. The SMILES string of the molecule is CC1(C)CC(N2CCN(c3ccccc3)CC2)=CC(=[N+]2CCCCC2)C1. The van der Waals surface area contributed by atoms with E-state index < -0.39 is 0 Å². The summed E-state index contributed by atoms with van der Waals surface area (Å²) in [4.78, 5) is 5.19. The summed E-state index contributed by atoms with van der Waals surface area (Å²) in [7, 11) is 0. The van der Waals surface area contributed by atoms with Gasteiger partial charge < -0.3 is 9.80 Å². The van der Waals surface area contributed by atoms with Gasteiger partial charge in [-0.2, -0.15) is 0 Å². The van der Waals surface area contributed by atoms with E-state index in [0.717, 1.165) is 26.2 Å². The molecule has 0 bridgehead atoms. The van der Waals surface area contributed by atoms with Crippen molar-refractivity contribution < 1.29 is 4.58 Å². The zero-order valence-corrected chi connectivity index (χ0v) is 16.6. The van der Waals surface area contributed by atoms with Crippen molar-refractivity contribution in [3.8, 4) is 0 Å². The van der Waals surface area contributed by atoms with Gasteiger partial charge >= 0.3 is 0 Å². The summed E-state index contributed by atoms with van der Waals surface area (Å²) in [5.74, 6) is 0. The van der Waals surface area contributed by atoms with Crippen molar-refractivity contribution >= 4 is 11.4 Å². The number of benzene rings is 1. The molecule has 0 unspecified atom stereocenters. The standard InChI is InChI=1S/C23H34N3/c1-23(2)18-21(24-11-7-4-8-12-24)17-22(19-23)26-15-13-25(14-16-26)20-9-5-3-6-10-20/h3,5-6,9-10,17H,4,7-8,11-16,18-19H2,1-2H3/q+1. The monoisotopic (exact) mass is 352 g/mol. The van der Waals surface area contributed by atoms with Gasteiger partial charge in [-0.3, -0.25) is 0 Å². The molecule has 3 heteroatoms. The molecule has 0 radical (unpaired) electrons. The van der Waals surface area contributed by atoms with Crippen LogP contribution in [0.2, 0.25) is 0 Å². The predicted molar refractivity (Wildman–Crippen MR) is 110 cm³/mol. The van der Waals surface area contributed by atoms with E-state index in [1.54, 1.807) is 11.4 Å². The van der Waals surface area contributed by atoms with E-state index in [1.807, 2.05) is 0 Å². The van der Waals surface area contributed by atoms with Crippen LogP contribution >= 0.6 is 0 Å². The van der Waals surface area contributed by atoms with Gasteiger partial charge in [0.1, 0.15) is 13.1 Å². The lowest BCUT2D eigenvalue weighted by Gasteiger charge is -2.41. The number of hydrogen-bond donors (Lipinski definition) is 0. The highest BCUT2D eigenvalue weighted by molar-refractivity contribution is 5.92. The third-order valence-electron chi connectivity index (χ3n) is 6.22. The Balaban J connectivity index is 1.49. The van der Waals surface area contributed by atoms with Gasteiger partial charge in [-0.1, -0.05) is 32.0 Å². The van der Waals surface area contributed by atoms with E-state index >= 15 is 0 Å². The summed E-state index contributed by atoms with van der Waals surface area (Å²) in [6.45, 7) is 12.0. The Bertz CT molecular complexity index is 671. The van der Waals surface area contributed by atoms with Crippen molar-refractivity contribution in [1.82, 2.24) is 4.90 Å². The minimum absolute atomic E-state index is 0.382. The average molecular weight is 353 g/mol. The Labute approximate surface area is 159 Å². The Kier molecular flexibility index (Phi) is 5.06. The number of nitrogens with zero attached hydrogens (tertiary/aromatic N) is 3. The van der Waals surface area contributed by atoms with E-state index in [0.29, 0.717) is 5.41 Å². The van der Waals surface area contributed by atoms with E-state index in [-0.39, 0.29) is 0 Å². The van der Waals surface area contributed by atoms with Crippen LogP contribution in [-0.2, 0) is 0 Å². The summed E-state index contributed by atoms with van der Waals surface area (Å²) in [5.41, 5.74) is 4.93. The minimum atomic E-state index is 0.382. The summed E-state index contributed by atoms with van der Waals surface area (Å²) in [6.07, 6.45) is 9.14. The second kappa shape index (κ2) is 7.46. The van der Waals surface area contributed by atoms with Crippen molar-refractivity contribution in [3.05, 3.63) is 42.1 Å². The molecule has 0 saturated carbocycles. The van der Waals surface area contributed by atoms with Gasteiger partial charge in [-0.15, -0.1) is 0 Å². The summed E-state index contributed by atoms with van der Waals surface area (Å²) in [6, 6.07) is 10.9. The highest BCUT2D eigenvalue weighted by atomic mass is 15.3. The lowest BCUT2D eigenvalue weighted by atomic mass is 9.77. The van der Waals surface area contributed by atoms with Gasteiger partial charge in [0.25, 0.3) is 0 Å². The molecule has 3 aliphatic rings. The van der Waals surface area contributed by atoms with Gasteiger partial charge in [0.05, 0.1) is 0 Å². The van der Waals surface area contributed by atoms with E-state index in [2.05, 4.69) is 64.6 Å². The Morgan fingerprint density at radius 1 is 0.808 bits per heavy atom. The molecule has 0 amide bonds. The van der Waals surface area contributed by atoms with Gasteiger partial charge in [0, 0.05) is 62.9 Å². The molecule has 0 atom stereocenters. The second-order valence-corrected chi connectivity index (χ2v) is 9.00. The zero-order valence-electron chi connectivity index (χ0n) is 16.6. The normalized spacial score (nSPS) is 23.8. The van der Waals surface area contributed by atoms with Gasteiger partial charge in [-0.25, -0.2) is 4.58 Å². The largest absolute Gasteiger partial charge is 0.371 e. The van der Waals surface area contributed by atoms with Crippen LogP contribution in [0.4, 0.5) is 5.69 Å². The molecule has 1 aromatic rings. The number of hydrogen-bond acceptors (Lipinski definition) is 2. The van der Waals surface area contributed by atoms with Crippen LogP contribution in [0.25, 0.3) is 0 Å². The molecule has 140 valence electrons. The molecule has 2 saturated heterocycles. The van der Waals surface area contributed by atoms with Crippen molar-refractivity contribution in [1.29, 1.82) is 0 Å². The number of rotatable bonds is 2. The fourth-order valence-electron chi connectivity index (χ4n) is 4.82. The third-order valence-corrected chi connectivity index (χ3v) is 6.22. The Morgan fingerprint density at radius 3 is 2.15 bits per heavy atom. The van der Waals surface area contributed by atoms with E-state index in [4.69, 9.17) is 0 Å². The predicted octanol–water partition coefficient (Wildman–Crippen LogP) is 4.15. The Hall–Kier alpha value is -1.77. The molecule has 1 aromatic carbocycles. The van der Waals surface area contributed by atoms with Gasteiger partial charge in [-0.05, 0) is 30.4 Å². The van der Waals surface area contributed by atoms with Crippen LogP contribution in [0.1, 0.15) is 46.0 Å². The highest BCUT2D eigenvalue weighted by Crippen LogP contribution is 2.36. The zero-order chi connectivity index (χ0) is 18.0. The van der Waals surface area contributed by atoms with Crippen LogP contribution in [0.5, 0.6) is 0 Å². The van der Waals surface area contributed by atoms with Crippen LogP contribution in [-0.4, -0.2) is 54.5 Å². The van der Waals surface area contributed by atoms with Gasteiger partial charge in [0.2, 0.25) is 0 Å². The maximum Gasteiger partial charge on any atom is 0.178 e. The number of para-hydroxylation sites is 1. The molecule has 0 N–H and O–H groups in total.